The third kappa shape index (κ3) is 4.45. The van der Waals surface area contributed by atoms with E-state index in [1.807, 2.05) is 36.5 Å². The topological polar surface area (TPSA) is 74.2 Å². The second kappa shape index (κ2) is 8.73. The van der Waals surface area contributed by atoms with E-state index in [-0.39, 0.29) is 5.56 Å². The molecule has 0 saturated carbocycles. The lowest BCUT2D eigenvalue weighted by molar-refractivity contribution is 0.241. The van der Waals surface area contributed by atoms with Crippen LogP contribution >= 0.6 is 11.6 Å². The molecular formula is C24H24ClN5O. The van der Waals surface area contributed by atoms with Gasteiger partial charge in [0.1, 0.15) is 0 Å². The van der Waals surface area contributed by atoms with Crippen molar-refractivity contribution in [2.75, 3.05) is 13.1 Å². The maximum Gasteiger partial charge on any atom is 0.255 e. The smallest absolute Gasteiger partial charge is 0.255 e. The Morgan fingerprint density at radius 2 is 1.94 bits per heavy atom. The van der Waals surface area contributed by atoms with E-state index in [1.54, 1.807) is 0 Å². The number of hydrogen-bond donors (Lipinski definition) is 1. The van der Waals surface area contributed by atoms with Crippen molar-refractivity contribution in [1.29, 1.82) is 0 Å². The number of hydrogen-bond acceptors (Lipinski definition) is 5. The number of rotatable bonds is 4. The molecule has 0 unspecified atom stereocenters. The van der Waals surface area contributed by atoms with Crippen molar-refractivity contribution >= 4 is 17.3 Å². The lowest BCUT2D eigenvalue weighted by Crippen LogP contribution is -2.36. The number of halogens is 1. The summed E-state index contributed by atoms with van der Waals surface area (Å²) in [6.45, 7) is 3.05. The van der Waals surface area contributed by atoms with E-state index in [0.717, 1.165) is 79.1 Å². The minimum atomic E-state index is -0.0332. The second-order valence-electron chi connectivity index (χ2n) is 8.14. The van der Waals surface area contributed by atoms with E-state index >= 15 is 0 Å². The third-order valence-corrected chi connectivity index (χ3v) is 6.17. The highest BCUT2D eigenvalue weighted by molar-refractivity contribution is 6.30. The number of aliphatic imine (C=N–C) groups is 1. The molecule has 0 bridgehead atoms. The predicted octanol–water partition coefficient (Wildman–Crippen LogP) is 4.02. The molecule has 7 heteroatoms. The molecular weight excluding hydrogens is 410 g/mol. The summed E-state index contributed by atoms with van der Waals surface area (Å²) in [4.78, 5) is 31.9. The Morgan fingerprint density at radius 3 is 2.68 bits per heavy atom. The highest BCUT2D eigenvalue weighted by atomic mass is 35.5. The summed E-state index contributed by atoms with van der Waals surface area (Å²) in [7, 11) is 0. The van der Waals surface area contributed by atoms with Gasteiger partial charge in [-0.3, -0.25) is 19.7 Å². The van der Waals surface area contributed by atoms with Crippen LogP contribution in [-0.4, -0.2) is 38.7 Å². The number of pyridine rings is 1. The Morgan fingerprint density at radius 1 is 1.06 bits per heavy atom. The second-order valence-corrected chi connectivity index (χ2v) is 8.58. The maximum atomic E-state index is 12.8. The first-order valence-corrected chi connectivity index (χ1v) is 11.1. The molecule has 0 saturated heterocycles. The van der Waals surface area contributed by atoms with Crippen molar-refractivity contribution in [3.8, 4) is 11.3 Å². The van der Waals surface area contributed by atoms with Gasteiger partial charge in [0.25, 0.3) is 5.56 Å². The average molecular weight is 434 g/mol. The quantitative estimate of drug-likeness (QED) is 0.674. The molecule has 0 fully saturated rings. The number of aromatic nitrogens is 3. The van der Waals surface area contributed by atoms with Crippen LogP contribution in [0.2, 0.25) is 5.02 Å². The van der Waals surface area contributed by atoms with Gasteiger partial charge in [0, 0.05) is 49.4 Å². The molecule has 0 spiro atoms. The summed E-state index contributed by atoms with van der Waals surface area (Å²) < 4.78 is 0. The van der Waals surface area contributed by atoms with Gasteiger partial charge >= 0.3 is 0 Å². The minimum absolute atomic E-state index is 0.0332. The normalized spacial score (nSPS) is 16.6. The first kappa shape index (κ1) is 20.1. The fourth-order valence-corrected chi connectivity index (χ4v) is 4.34. The lowest BCUT2D eigenvalue weighted by atomic mass is 10.0. The van der Waals surface area contributed by atoms with Gasteiger partial charge in [-0.2, -0.15) is 0 Å². The van der Waals surface area contributed by atoms with E-state index in [9.17, 15) is 4.79 Å². The van der Waals surface area contributed by atoms with Gasteiger partial charge in [-0.15, -0.1) is 0 Å². The van der Waals surface area contributed by atoms with E-state index in [1.165, 1.54) is 0 Å². The van der Waals surface area contributed by atoms with Crippen molar-refractivity contribution in [1.82, 2.24) is 19.9 Å². The van der Waals surface area contributed by atoms with Crippen molar-refractivity contribution in [2.45, 2.75) is 38.8 Å². The van der Waals surface area contributed by atoms with Crippen LogP contribution in [0.5, 0.6) is 0 Å². The highest BCUT2D eigenvalue weighted by Crippen LogP contribution is 2.21. The van der Waals surface area contributed by atoms with E-state index in [4.69, 9.17) is 16.6 Å². The molecule has 4 heterocycles. The van der Waals surface area contributed by atoms with Gasteiger partial charge in [0.15, 0.2) is 5.82 Å². The lowest BCUT2D eigenvalue weighted by Gasteiger charge is -2.27. The first-order chi connectivity index (χ1) is 15.2. The summed E-state index contributed by atoms with van der Waals surface area (Å²) in [5, 5.41) is 0.717. The zero-order valence-electron chi connectivity index (χ0n) is 17.3. The van der Waals surface area contributed by atoms with Crippen molar-refractivity contribution in [2.24, 2.45) is 4.99 Å². The summed E-state index contributed by atoms with van der Waals surface area (Å²) >= 11 is 5.97. The van der Waals surface area contributed by atoms with Crippen LogP contribution < -0.4 is 5.56 Å². The molecule has 0 aliphatic carbocycles. The Hall–Kier alpha value is -2.83. The van der Waals surface area contributed by atoms with E-state index in [0.29, 0.717) is 17.4 Å². The minimum Gasteiger partial charge on any atom is -0.305 e. The molecule has 3 aromatic rings. The van der Waals surface area contributed by atoms with Crippen LogP contribution in [0.4, 0.5) is 0 Å². The molecule has 2 aliphatic rings. The summed E-state index contributed by atoms with van der Waals surface area (Å²) in [6.07, 6.45) is 5.80. The number of fused-ring (bicyclic) bond motifs is 1. The monoisotopic (exact) mass is 433 g/mol. The molecule has 1 aromatic carbocycles. The molecule has 31 heavy (non-hydrogen) atoms. The zero-order valence-corrected chi connectivity index (χ0v) is 18.0. The van der Waals surface area contributed by atoms with Gasteiger partial charge in [-0.1, -0.05) is 29.8 Å². The van der Waals surface area contributed by atoms with Crippen LogP contribution in [-0.2, 0) is 19.5 Å². The third-order valence-electron chi connectivity index (χ3n) is 5.92. The Labute approximate surface area is 186 Å². The molecule has 1 N–H and O–H groups in total. The predicted molar refractivity (Wildman–Crippen MR) is 123 cm³/mol. The highest BCUT2D eigenvalue weighted by Gasteiger charge is 2.22. The van der Waals surface area contributed by atoms with Crippen molar-refractivity contribution < 1.29 is 0 Å². The van der Waals surface area contributed by atoms with Crippen LogP contribution in [0, 0.1) is 0 Å². The Bertz CT molecular complexity index is 1170. The van der Waals surface area contributed by atoms with Crippen LogP contribution in [0.25, 0.3) is 11.3 Å². The molecule has 0 amide bonds. The van der Waals surface area contributed by atoms with Gasteiger partial charge in [0.05, 0.1) is 22.7 Å². The van der Waals surface area contributed by atoms with Crippen LogP contribution in [0.3, 0.4) is 0 Å². The molecule has 158 valence electrons. The average Bonchev–Trinajstić information content (AvgIpc) is 2.81. The number of H-pyrrole nitrogens is 1. The Balaban J connectivity index is 1.29. The van der Waals surface area contributed by atoms with Crippen molar-refractivity contribution in [3.05, 3.63) is 80.6 Å². The van der Waals surface area contributed by atoms with E-state index in [2.05, 4.69) is 25.9 Å². The Kier molecular flexibility index (Phi) is 5.66. The van der Waals surface area contributed by atoms with Gasteiger partial charge in [0.2, 0.25) is 0 Å². The summed E-state index contributed by atoms with van der Waals surface area (Å²) in [5.74, 6) is 0.666. The largest absolute Gasteiger partial charge is 0.305 e. The van der Waals surface area contributed by atoms with Gasteiger partial charge in [-0.25, -0.2) is 4.98 Å². The number of aromatic amines is 1. The van der Waals surface area contributed by atoms with Crippen LogP contribution in [0.15, 0.2) is 52.4 Å². The van der Waals surface area contributed by atoms with Crippen molar-refractivity contribution in [3.63, 3.8) is 0 Å². The maximum absolute atomic E-state index is 12.8. The van der Waals surface area contributed by atoms with Gasteiger partial charge < -0.3 is 4.98 Å². The summed E-state index contributed by atoms with van der Waals surface area (Å²) in [5.41, 5.74) is 5.69. The van der Waals surface area contributed by atoms with Gasteiger partial charge in [-0.05, 0) is 43.0 Å². The number of nitrogens with one attached hydrogen (secondary N) is 1. The number of nitrogens with zero attached hydrogens (tertiary/aromatic N) is 4. The molecule has 6 nitrogen and oxygen atoms in total. The standard InChI is InChI=1S/C24H24ClN5O/c25-18-7-5-17(6-8-18)20-9-4-16(13-27-20)14-30-12-10-21-19(15-30)24(31)29-23(28-21)22-3-1-2-11-26-22/h4-9,13H,1-3,10-12,14-15H2,(H,28,29,31). The molecule has 0 atom stereocenters. The SMILES string of the molecule is O=c1[nH]c(C2=NCCCC2)nc2c1CN(Cc1ccc(-c3ccc(Cl)cc3)nc1)CC2. The molecule has 2 aromatic heterocycles. The molecule has 0 radical (unpaired) electrons. The number of benzene rings is 1. The first-order valence-electron chi connectivity index (χ1n) is 10.7. The zero-order chi connectivity index (χ0) is 21.2. The summed E-state index contributed by atoms with van der Waals surface area (Å²) in [6, 6.07) is 11.8. The fourth-order valence-electron chi connectivity index (χ4n) is 4.21. The fraction of sp³-hybridized carbons (Fsp3) is 0.333. The van der Waals surface area contributed by atoms with Crippen LogP contribution in [0.1, 0.15) is 41.9 Å². The molecule has 2 aliphatic heterocycles. The van der Waals surface area contributed by atoms with E-state index < -0.39 is 0 Å². The molecule has 5 rings (SSSR count).